The minimum atomic E-state index is -0.164. The lowest BCUT2D eigenvalue weighted by Gasteiger charge is -2.33. The predicted molar refractivity (Wildman–Crippen MR) is 80.5 cm³/mol. The van der Waals surface area contributed by atoms with Gasteiger partial charge in [-0.05, 0) is 26.3 Å². The van der Waals surface area contributed by atoms with Gasteiger partial charge in [0.25, 0.3) is 0 Å². The summed E-state index contributed by atoms with van der Waals surface area (Å²) in [5.74, 6) is 1.17. The highest BCUT2D eigenvalue weighted by Crippen LogP contribution is 2.16. The Kier molecular flexibility index (Phi) is 5.18. The van der Waals surface area contributed by atoms with Crippen molar-refractivity contribution in [2.45, 2.75) is 58.3 Å². The van der Waals surface area contributed by atoms with Gasteiger partial charge in [-0.3, -0.25) is 4.90 Å². The predicted octanol–water partition coefficient (Wildman–Crippen LogP) is 1.23. The third-order valence-electron chi connectivity index (χ3n) is 4.01. The molecule has 2 heterocycles. The van der Waals surface area contributed by atoms with Crippen molar-refractivity contribution >= 4 is 0 Å². The number of aliphatic hydroxyl groups is 1. The number of nitrogens with zero attached hydrogens (tertiary/aromatic N) is 3. The van der Waals surface area contributed by atoms with Gasteiger partial charge in [0.2, 0.25) is 0 Å². The van der Waals surface area contributed by atoms with E-state index < -0.39 is 0 Å². The minimum absolute atomic E-state index is 0.164. The van der Waals surface area contributed by atoms with E-state index >= 15 is 0 Å². The van der Waals surface area contributed by atoms with Gasteiger partial charge in [-0.25, -0.2) is 4.98 Å². The topological polar surface area (TPSA) is 53.3 Å². The molecule has 0 aliphatic carbocycles. The second-order valence-corrected chi connectivity index (χ2v) is 6.43. The van der Waals surface area contributed by atoms with Crippen LogP contribution in [0.4, 0.5) is 0 Å². The molecular formula is C15H28N4O. The van der Waals surface area contributed by atoms with Gasteiger partial charge in [-0.2, -0.15) is 0 Å². The number of aliphatic hydroxyl groups excluding tert-OH is 1. The summed E-state index contributed by atoms with van der Waals surface area (Å²) in [6.07, 6.45) is 6.03. The van der Waals surface area contributed by atoms with Crippen LogP contribution in [0.15, 0.2) is 12.4 Å². The van der Waals surface area contributed by atoms with Crippen LogP contribution in [-0.4, -0.2) is 50.8 Å². The van der Waals surface area contributed by atoms with Gasteiger partial charge in [0.15, 0.2) is 0 Å². The molecule has 20 heavy (non-hydrogen) atoms. The van der Waals surface area contributed by atoms with Gasteiger partial charge in [0, 0.05) is 37.1 Å². The lowest BCUT2D eigenvalue weighted by atomic mass is 9.95. The largest absolute Gasteiger partial charge is 0.394 e. The molecule has 0 radical (unpaired) electrons. The zero-order valence-electron chi connectivity index (χ0n) is 13.0. The monoisotopic (exact) mass is 280 g/mol. The molecule has 0 saturated heterocycles. The van der Waals surface area contributed by atoms with Gasteiger partial charge < -0.3 is 15.0 Å². The Hall–Kier alpha value is -0.910. The standard InChI is InChI=1S/C15H28N4O/c1-13(2)17-15(3,12-20)5-4-7-18-9-10-19-8-6-16-14(19)11-18/h6,8,13,17,20H,4-5,7,9-12H2,1-3H3. The SMILES string of the molecule is CC(C)NC(C)(CO)CCCN1CCn2ccnc2C1. The van der Waals surface area contributed by atoms with Gasteiger partial charge in [0.1, 0.15) is 5.82 Å². The molecule has 1 aromatic rings. The Bertz CT molecular complexity index is 418. The van der Waals surface area contributed by atoms with E-state index in [2.05, 4.69) is 46.7 Å². The summed E-state index contributed by atoms with van der Waals surface area (Å²) in [6.45, 7) is 10.7. The summed E-state index contributed by atoms with van der Waals surface area (Å²) in [5, 5.41) is 13.1. The van der Waals surface area contributed by atoms with Crippen LogP contribution < -0.4 is 5.32 Å². The number of imidazole rings is 1. The van der Waals surface area contributed by atoms with Crippen molar-refractivity contribution in [2.24, 2.45) is 0 Å². The second kappa shape index (κ2) is 6.70. The molecular weight excluding hydrogens is 252 g/mol. The molecule has 1 atom stereocenters. The molecule has 0 saturated carbocycles. The van der Waals surface area contributed by atoms with Gasteiger partial charge >= 0.3 is 0 Å². The molecule has 0 aromatic carbocycles. The Morgan fingerprint density at radius 1 is 1.45 bits per heavy atom. The quantitative estimate of drug-likeness (QED) is 0.789. The van der Waals surface area contributed by atoms with E-state index in [4.69, 9.17) is 0 Å². The molecule has 1 aliphatic heterocycles. The molecule has 0 fully saturated rings. The van der Waals surface area contributed by atoms with Crippen LogP contribution in [0.3, 0.4) is 0 Å². The van der Waals surface area contributed by atoms with Gasteiger partial charge in [-0.1, -0.05) is 13.8 Å². The first-order chi connectivity index (χ1) is 9.52. The second-order valence-electron chi connectivity index (χ2n) is 6.43. The minimum Gasteiger partial charge on any atom is -0.394 e. The molecule has 5 heteroatoms. The lowest BCUT2D eigenvalue weighted by Crippen LogP contribution is -2.49. The van der Waals surface area contributed by atoms with E-state index in [1.807, 2.05) is 6.20 Å². The fraction of sp³-hybridized carbons (Fsp3) is 0.800. The Morgan fingerprint density at radius 3 is 2.95 bits per heavy atom. The first-order valence-electron chi connectivity index (χ1n) is 7.63. The van der Waals surface area contributed by atoms with E-state index in [-0.39, 0.29) is 12.1 Å². The summed E-state index contributed by atoms with van der Waals surface area (Å²) in [4.78, 5) is 6.84. The fourth-order valence-corrected chi connectivity index (χ4v) is 3.00. The highest BCUT2D eigenvalue weighted by atomic mass is 16.3. The number of hydrogen-bond donors (Lipinski definition) is 2. The third kappa shape index (κ3) is 4.04. The van der Waals surface area contributed by atoms with Gasteiger partial charge in [0.05, 0.1) is 13.2 Å². The zero-order chi connectivity index (χ0) is 14.6. The highest BCUT2D eigenvalue weighted by molar-refractivity contribution is 4.95. The van der Waals surface area contributed by atoms with Crippen molar-refractivity contribution in [3.63, 3.8) is 0 Å². The fourth-order valence-electron chi connectivity index (χ4n) is 3.00. The number of nitrogens with one attached hydrogen (secondary N) is 1. The zero-order valence-corrected chi connectivity index (χ0v) is 13.0. The Balaban J connectivity index is 1.76. The Labute approximate surface area is 122 Å². The molecule has 5 nitrogen and oxygen atoms in total. The van der Waals surface area contributed by atoms with Crippen LogP contribution in [0, 0.1) is 0 Å². The number of rotatable bonds is 7. The first kappa shape index (κ1) is 15.5. The summed E-state index contributed by atoms with van der Waals surface area (Å²) in [7, 11) is 0. The van der Waals surface area contributed by atoms with Crippen LogP contribution >= 0.6 is 0 Å². The molecule has 1 aromatic heterocycles. The van der Waals surface area contributed by atoms with Crippen LogP contribution in [-0.2, 0) is 13.1 Å². The van der Waals surface area contributed by atoms with Crippen LogP contribution in [0.5, 0.6) is 0 Å². The molecule has 114 valence electrons. The van der Waals surface area contributed by atoms with Crippen molar-refractivity contribution in [1.82, 2.24) is 19.8 Å². The first-order valence-corrected chi connectivity index (χ1v) is 7.63. The summed E-state index contributed by atoms with van der Waals surface area (Å²) in [6, 6.07) is 0.398. The van der Waals surface area contributed by atoms with E-state index in [0.29, 0.717) is 6.04 Å². The molecule has 2 rings (SSSR count). The van der Waals surface area contributed by atoms with Crippen molar-refractivity contribution in [1.29, 1.82) is 0 Å². The van der Waals surface area contributed by atoms with Crippen molar-refractivity contribution in [3.05, 3.63) is 18.2 Å². The summed E-state index contributed by atoms with van der Waals surface area (Å²) >= 11 is 0. The smallest absolute Gasteiger partial charge is 0.122 e. The maximum Gasteiger partial charge on any atom is 0.122 e. The van der Waals surface area contributed by atoms with E-state index in [0.717, 1.165) is 39.0 Å². The number of aromatic nitrogens is 2. The highest BCUT2D eigenvalue weighted by Gasteiger charge is 2.24. The molecule has 0 amide bonds. The molecule has 1 aliphatic rings. The molecule has 1 unspecified atom stereocenters. The molecule has 2 N–H and O–H groups in total. The lowest BCUT2D eigenvalue weighted by molar-refractivity contribution is 0.143. The summed E-state index contributed by atoms with van der Waals surface area (Å²) < 4.78 is 2.23. The van der Waals surface area contributed by atoms with Crippen LogP contribution in [0.2, 0.25) is 0 Å². The van der Waals surface area contributed by atoms with E-state index in [1.54, 1.807) is 0 Å². The maximum absolute atomic E-state index is 9.58. The van der Waals surface area contributed by atoms with Crippen molar-refractivity contribution < 1.29 is 5.11 Å². The van der Waals surface area contributed by atoms with Crippen LogP contribution in [0.1, 0.15) is 39.4 Å². The number of fused-ring (bicyclic) bond motifs is 1. The normalized spacial score (nSPS) is 19.1. The maximum atomic E-state index is 9.58. The van der Waals surface area contributed by atoms with Crippen molar-refractivity contribution in [3.8, 4) is 0 Å². The Morgan fingerprint density at radius 2 is 2.25 bits per heavy atom. The molecule has 0 bridgehead atoms. The summed E-state index contributed by atoms with van der Waals surface area (Å²) in [5.41, 5.74) is -0.164. The third-order valence-corrected chi connectivity index (χ3v) is 4.01. The average molecular weight is 280 g/mol. The molecule has 0 spiro atoms. The van der Waals surface area contributed by atoms with Crippen molar-refractivity contribution in [2.75, 3.05) is 19.7 Å². The van der Waals surface area contributed by atoms with Gasteiger partial charge in [-0.15, -0.1) is 0 Å². The number of hydrogen-bond acceptors (Lipinski definition) is 4. The van der Waals surface area contributed by atoms with Crippen LogP contribution in [0.25, 0.3) is 0 Å². The van der Waals surface area contributed by atoms with E-state index in [1.165, 1.54) is 5.82 Å². The average Bonchev–Trinajstić information content (AvgIpc) is 2.85. The van der Waals surface area contributed by atoms with E-state index in [9.17, 15) is 5.11 Å².